The summed E-state index contributed by atoms with van der Waals surface area (Å²) < 4.78 is 36.1. The van der Waals surface area contributed by atoms with E-state index in [4.69, 9.17) is 5.11 Å². The van der Waals surface area contributed by atoms with Gasteiger partial charge in [0, 0.05) is 7.05 Å². The van der Waals surface area contributed by atoms with E-state index < -0.39 is 18.1 Å². The van der Waals surface area contributed by atoms with Gasteiger partial charge in [-0.25, -0.2) is 4.79 Å². The lowest BCUT2D eigenvalue weighted by atomic mass is 10.4. The zero-order valence-corrected chi connectivity index (χ0v) is 8.72. The van der Waals surface area contributed by atoms with Crippen molar-refractivity contribution in [3.8, 4) is 0 Å². The number of hydrogen-bond acceptors (Lipinski definition) is 3. The molecule has 8 heteroatoms. The predicted octanol–water partition coefficient (Wildman–Crippen LogP) is 1.97. The Bertz CT molecular complexity index is 426. The van der Waals surface area contributed by atoms with E-state index in [1.807, 2.05) is 0 Å². The fourth-order valence-electron chi connectivity index (χ4n) is 0.913. The van der Waals surface area contributed by atoms with Gasteiger partial charge in [0.2, 0.25) is 0 Å². The maximum absolute atomic E-state index is 12.0. The summed E-state index contributed by atoms with van der Waals surface area (Å²) in [4.78, 5) is 21.5. The summed E-state index contributed by atoms with van der Waals surface area (Å²) in [5.74, 6) is -3.28. The molecule has 0 aliphatic carbocycles. The lowest BCUT2D eigenvalue weighted by molar-refractivity contribution is -0.170. The van der Waals surface area contributed by atoms with E-state index >= 15 is 0 Å². The van der Waals surface area contributed by atoms with Gasteiger partial charge in [-0.05, 0) is 12.1 Å². The fourth-order valence-corrected chi connectivity index (χ4v) is 1.72. The number of anilines is 1. The van der Waals surface area contributed by atoms with Gasteiger partial charge in [-0.3, -0.25) is 9.69 Å². The summed E-state index contributed by atoms with van der Waals surface area (Å²) in [6.07, 6.45) is -4.97. The van der Waals surface area contributed by atoms with Gasteiger partial charge in [-0.1, -0.05) is 0 Å². The Hall–Kier alpha value is -1.57. The third-order valence-corrected chi connectivity index (χ3v) is 2.83. The molecule has 16 heavy (non-hydrogen) atoms. The molecule has 0 aliphatic heterocycles. The maximum atomic E-state index is 12.0. The van der Waals surface area contributed by atoms with E-state index in [9.17, 15) is 22.8 Å². The molecule has 0 spiro atoms. The van der Waals surface area contributed by atoms with Crippen LogP contribution in [0.15, 0.2) is 12.1 Å². The van der Waals surface area contributed by atoms with Gasteiger partial charge < -0.3 is 5.11 Å². The molecular weight excluding hydrogens is 247 g/mol. The molecule has 4 nitrogen and oxygen atoms in total. The number of alkyl halides is 3. The second-order valence-electron chi connectivity index (χ2n) is 2.80. The van der Waals surface area contributed by atoms with Crippen LogP contribution in [-0.4, -0.2) is 30.2 Å². The highest BCUT2D eigenvalue weighted by Crippen LogP contribution is 2.28. The van der Waals surface area contributed by atoms with E-state index in [-0.39, 0.29) is 9.88 Å². The summed E-state index contributed by atoms with van der Waals surface area (Å²) in [5, 5.41) is 8.49. The van der Waals surface area contributed by atoms with Crippen molar-refractivity contribution in [2.75, 3.05) is 11.9 Å². The quantitative estimate of drug-likeness (QED) is 0.876. The third kappa shape index (κ3) is 2.51. The van der Waals surface area contributed by atoms with Gasteiger partial charge in [-0.2, -0.15) is 13.2 Å². The monoisotopic (exact) mass is 253 g/mol. The first kappa shape index (κ1) is 12.5. The van der Waals surface area contributed by atoms with Crippen molar-refractivity contribution in [2.45, 2.75) is 6.18 Å². The van der Waals surface area contributed by atoms with Crippen molar-refractivity contribution in [2.24, 2.45) is 0 Å². The molecule has 0 aliphatic rings. The largest absolute Gasteiger partial charge is 0.477 e. The standard InChI is InChI=1S/C8H6F3NO3S/c1-12(7(15)8(9,10)11)5-3-2-4(16-5)6(13)14/h2-3H,1H3,(H,13,14). The molecule has 0 atom stereocenters. The number of carbonyl (C=O) groups excluding carboxylic acids is 1. The number of rotatable bonds is 2. The molecule has 0 bridgehead atoms. The van der Waals surface area contributed by atoms with Gasteiger partial charge >= 0.3 is 18.1 Å². The van der Waals surface area contributed by atoms with Crippen molar-refractivity contribution in [1.82, 2.24) is 0 Å². The fraction of sp³-hybridized carbons (Fsp3) is 0.250. The molecule has 1 amide bonds. The van der Waals surface area contributed by atoms with E-state index in [0.717, 1.165) is 19.2 Å². The summed E-state index contributed by atoms with van der Waals surface area (Å²) in [6.45, 7) is 0. The Balaban J connectivity index is 2.93. The number of aromatic carboxylic acids is 1. The SMILES string of the molecule is CN(C(=O)C(F)(F)F)c1ccc(C(=O)O)s1. The van der Waals surface area contributed by atoms with Crippen LogP contribution in [-0.2, 0) is 4.79 Å². The van der Waals surface area contributed by atoms with Crippen LogP contribution in [0.1, 0.15) is 9.67 Å². The van der Waals surface area contributed by atoms with Crippen molar-refractivity contribution >= 4 is 28.2 Å². The lowest BCUT2D eigenvalue weighted by Gasteiger charge is -2.16. The first-order chi connectivity index (χ1) is 7.23. The smallest absolute Gasteiger partial charge is 0.471 e. The average molecular weight is 253 g/mol. The molecule has 1 aromatic heterocycles. The number of thiophene rings is 1. The molecule has 88 valence electrons. The summed E-state index contributed by atoms with van der Waals surface area (Å²) in [6, 6.07) is 2.29. The third-order valence-electron chi connectivity index (χ3n) is 1.68. The number of amides is 1. The van der Waals surface area contributed by atoms with Crippen molar-refractivity contribution in [3.05, 3.63) is 17.0 Å². The van der Waals surface area contributed by atoms with Crippen LogP contribution in [0, 0.1) is 0 Å². The van der Waals surface area contributed by atoms with Gasteiger partial charge in [0.15, 0.2) is 0 Å². The van der Waals surface area contributed by atoms with Crippen LogP contribution in [0.3, 0.4) is 0 Å². The minimum absolute atomic E-state index is 0.0697. The van der Waals surface area contributed by atoms with Crippen molar-refractivity contribution < 1.29 is 27.9 Å². The average Bonchev–Trinajstić information content (AvgIpc) is 2.62. The Kier molecular flexibility index (Phi) is 3.22. The maximum Gasteiger partial charge on any atom is 0.471 e. The molecule has 0 saturated carbocycles. The van der Waals surface area contributed by atoms with E-state index in [2.05, 4.69) is 0 Å². The molecule has 0 saturated heterocycles. The Morgan fingerprint density at radius 1 is 1.38 bits per heavy atom. The van der Waals surface area contributed by atoms with Crippen molar-refractivity contribution in [1.29, 1.82) is 0 Å². The Morgan fingerprint density at radius 2 is 1.94 bits per heavy atom. The van der Waals surface area contributed by atoms with Crippen LogP contribution < -0.4 is 4.90 Å². The highest BCUT2D eigenvalue weighted by molar-refractivity contribution is 7.18. The van der Waals surface area contributed by atoms with Gasteiger partial charge in [-0.15, -0.1) is 11.3 Å². The summed E-state index contributed by atoms with van der Waals surface area (Å²) in [5.41, 5.74) is 0. The number of halogens is 3. The van der Waals surface area contributed by atoms with Crippen LogP contribution in [0.2, 0.25) is 0 Å². The molecule has 0 radical (unpaired) electrons. The first-order valence-electron chi connectivity index (χ1n) is 3.91. The topological polar surface area (TPSA) is 57.6 Å². The van der Waals surface area contributed by atoms with E-state index in [1.165, 1.54) is 0 Å². The predicted molar refractivity (Wildman–Crippen MR) is 50.7 cm³/mol. The second-order valence-corrected chi connectivity index (χ2v) is 3.87. The number of hydrogen-bond donors (Lipinski definition) is 1. The molecule has 1 aromatic rings. The molecular formula is C8H6F3NO3S. The second kappa shape index (κ2) is 4.12. The first-order valence-corrected chi connectivity index (χ1v) is 4.73. The number of nitrogens with zero attached hydrogens (tertiary/aromatic N) is 1. The minimum Gasteiger partial charge on any atom is -0.477 e. The normalized spacial score (nSPS) is 11.2. The molecule has 1 heterocycles. The van der Waals surface area contributed by atoms with Gasteiger partial charge in [0.25, 0.3) is 0 Å². The molecule has 0 aromatic carbocycles. The minimum atomic E-state index is -4.97. The molecule has 1 N–H and O–H groups in total. The lowest BCUT2D eigenvalue weighted by Crippen LogP contribution is -2.38. The number of carboxylic acids is 1. The molecule has 0 fully saturated rings. The number of carbonyl (C=O) groups is 2. The summed E-state index contributed by atoms with van der Waals surface area (Å²) >= 11 is 0.599. The highest BCUT2D eigenvalue weighted by atomic mass is 32.1. The molecule has 1 rings (SSSR count). The van der Waals surface area contributed by atoms with Crippen molar-refractivity contribution in [3.63, 3.8) is 0 Å². The van der Waals surface area contributed by atoms with Crippen LogP contribution in [0.25, 0.3) is 0 Å². The van der Waals surface area contributed by atoms with Crippen LogP contribution >= 0.6 is 11.3 Å². The van der Waals surface area contributed by atoms with Crippen LogP contribution in [0.4, 0.5) is 18.2 Å². The van der Waals surface area contributed by atoms with E-state index in [0.29, 0.717) is 16.2 Å². The van der Waals surface area contributed by atoms with Gasteiger partial charge in [0.05, 0.1) is 5.00 Å². The Labute approximate surface area is 91.9 Å². The van der Waals surface area contributed by atoms with Gasteiger partial charge in [0.1, 0.15) is 4.88 Å². The highest BCUT2D eigenvalue weighted by Gasteiger charge is 2.42. The Morgan fingerprint density at radius 3 is 2.31 bits per heavy atom. The van der Waals surface area contributed by atoms with E-state index in [1.54, 1.807) is 0 Å². The van der Waals surface area contributed by atoms with Crippen LogP contribution in [0.5, 0.6) is 0 Å². The number of carboxylic acid groups (broad SMARTS) is 1. The summed E-state index contributed by atoms with van der Waals surface area (Å²) in [7, 11) is 0.938. The zero-order chi connectivity index (χ0) is 12.5. The zero-order valence-electron chi connectivity index (χ0n) is 7.91. The molecule has 0 unspecified atom stereocenters.